The van der Waals surface area contributed by atoms with Crippen molar-refractivity contribution in [3.63, 3.8) is 0 Å². The van der Waals surface area contributed by atoms with E-state index in [0.29, 0.717) is 35.5 Å². The first-order valence-corrected chi connectivity index (χ1v) is 6.21. The molecular weight excluding hydrogens is 302 g/mol. The number of aromatic nitrogens is 2. The van der Waals surface area contributed by atoms with Gasteiger partial charge >= 0.3 is 6.09 Å². The molecular formula is C10H12BrN5O2. The van der Waals surface area contributed by atoms with Crippen molar-refractivity contribution in [2.75, 3.05) is 25.5 Å². The summed E-state index contributed by atoms with van der Waals surface area (Å²) in [6, 6.07) is 2.03. The normalized spacial score (nSPS) is 18.7. The molecule has 1 aliphatic rings. The van der Waals surface area contributed by atoms with Gasteiger partial charge in [-0.15, -0.1) is 0 Å². The maximum absolute atomic E-state index is 10.9. The maximum atomic E-state index is 10.9. The minimum Gasteiger partial charge on any atom is -0.465 e. The van der Waals surface area contributed by atoms with Crippen LogP contribution in [0, 0.1) is 11.3 Å². The monoisotopic (exact) mass is 313 g/mol. The standard InChI is InChI=1S/C10H12BrN5O2/c1-13-9-7(4-12)8(11)14-16(9)6-2-3-15(5-6)10(17)18/h6,13H,2-3,5H2,1H3,(H,17,18)/t6-/m0/s1. The molecule has 18 heavy (non-hydrogen) atoms. The van der Waals surface area contributed by atoms with Crippen LogP contribution in [0.2, 0.25) is 0 Å². The third-order valence-corrected chi connectivity index (χ3v) is 3.55. The zero-order valence-electron chi connectivity index (χ0n) is 9.72. The first-order chi connectivity index (χ1) is 8.58. The van der Waals surface area contributed by atoms with Crippen molar-refractivity contribution >= 4 is 27.8 Å². The number of hydrogen-bond donors (Lipinski definition) is 2. The highest BCUT2D eigenvalue weighted by Crippen LogP contribution is 2.30. The van der Waals surface area contributed by atoms with E-state index in [9.17, 15) is 4.79 Å². The lowest BCUT2D eigenvalue weighted by Crippen LogP contribution is -2.27. The van der Waals surface area contributed by atoms with Crippen molar-refractivity contribution in [2.45, 2.75) is 12.5 Å². The fraction of sp³-hybridized carbons (Fsp3) is 0.500. The number of halogens is 1. The number of nitrogens with one attached hydrogen (secondary N) is 1. The number of anilines is 1. The topological polar surface area (TPSA) is 94.2 Å². The van der Waals surface area contributed by atoms with E-state index in [2.05, 4.69) is 32.4 Å². The van der Waals surface area contributed by atoms with Crippen LogP contribution in [0.4, 0.5) is 10.6 Å². The molecule has 7 nitrogen and oxygen atoms in total. The highest BCUT2D eigenvalue weighted by Gasteiger charge is 2.30. The Labute approximate surface area is 112 Å². The van der Waals surface area contributed by atoms with Gasteiger partial charge in [-0.05, 0) is 22.4 Å². The highest BCUT2D eigenvalue weighted by atomic mass is 79.9. The summed E-state index contributed by atoms with van der Waals surface area (Å²) < 4.78 is 2.16. The van der Waals surface area contributed by atoms with Crippen LogP contribution in [0.3, 0.4) is 0 Å². The SMILES string of the molecule is CNc1c(C#N)c(Br)nn1[C@H]1CCN(C(=O)O)C1. The van der Waals surface area contributed by atoms with Gasteiger partial charge in [-0.3, -0.25) is 0 Å². The summed E-state index contributed by atoms with van der Waals surface area (Å²) in [5.74, 6) is 0.613. The predicted octanol–water partition coefficient (Wildman–Crippen LogP) is 1.48. The Morgan fingerprint density at radius 3 is 2.94 bits per heavy atom. The molecule has 0 unspecified atom stereocenters. The fourth-order valence-electron chi connectivity index (χ4n) is 2.12. The van der Waals surface area contributed by atoms with Crippen LogP contribution in [0.1, 0.15) is 18.0 Å². The zero-order chi connectivity index (χ0) is 13.3. The molecule has 1 atom stereocenters. The molecule has 96 valence electrons. The number of nitriles is 1. The molecule has 1 fully saturated rings. The fourth-order valence-corrected chi connectivity index (χ4v) is 2.57. The highest BCUT2D eigenvalue weighted by molar-refractivity contribution is 9.10. The molecule has 0 aromatic carbocycles. The Morgan fingerprint density at radius 1 is 1.72 bits per heavy atom. The maximum Gasteiger partial charge on any atom is 0.407 e. The molecule has 1 saturated heterocycles. The second-order valence-electron chi connectivity index (χ2n) is 3.99. The summed E-state index contributed by atoms with van der Waals surface area (Å²) in [7, 11) is 1.71. The smallest absolute Gasteiger partial charge is 0.407 e. The molecule has 2 heterocycles. The van der Waals surface area contributed by atoms with E-state index in [1.54, 1.807) is 11.7 Å². The molecule has 8 heteroatoms. The van der Waals surface area contributed by atoms with Gasteiger partial charge in [0.05, 0.1) is 6.04 Å². The van der Waals surface area contributed by atoms with E-state index in [1.165, 1.54) is 4.90 Å². The Hall–Kier alpha value is -1.75. The van der Waals surface area contributed by atoms with Crippen LogP contribution in [0.15, 0.2) is 4.60 Å². The first-order valence-electron chi connectivity index (χ1n) is 5.42. The van der Waals surface area contributed by atoms with Gasteiger partial charge in [0, 0.05) is 20.1 Å². The van der Waals surface area contributed by atoms with Gasteiger partial charge in [-0.2, -0.15) is 10.4 Å². The molecule has 0 radical (unpaired) electrons. The van der Waals surface area contributed by atoms with Gasteiger partial charge in [0.15, 0.2) is 0 Å². The molecule has 1 aromatic rings. The number of likely N-dealkylation sites (tertiary alicyclic amines) is 1. The van der Waals surface area contributed by atoms with Crippen molar-refractivity contribution in [1.82, 2.24) is 14.7 Å². The Bertz CT molecular complexity index is 521. The Morgan fingerprint density at radius 2 is 2.44 bits per heavy atom. The van der Waals surface area contributed by atoms with E-state index in [-0.39, 0.29) is 6.04 Å². The van der Waals surface area contributed by atoms with Crippen LogP contribution in [-0.2, 0) is 0 Å². The second kappa shape index (κ2) is 4.86. The predicted molar refractivity (Wildman–Crippen MR) is 67.4 cm³/mol. The number of carboxylic acid groups (broad SMARTS) is 1. The molecule has 0 bridgehead atoms. The van der Waals surface area contributed by atoms with E-state index >= 15 is 0 Å². The first kappa shape index (κ1) is 12.7. The van der Waals surface area contributed by atoms with Crippen LogP contribution in [-0.4, -0.2) is 46.0 Å². The van der Waals surface area contributed by atoms with Crippen LogP contribution < -0.4 is 5.32 Å². The Kier molecular flexibility index (Phi) is 3.43. The van der Waals surface area contributed by atoms with Crippen molar-refractivity contribution in [2.24, 2.45) is 0 Å². The van der Waals surface area contributed by atoms with Gasteiger partial charge in [0.25, 0.3) is 0 Å². The lowest BCUT2D eigenvalue weighted by atomic mass is 10.2. The lowest BCUT2D eigenvalue weighted by molar-refractivity contribution is 0.154. The molecule has 0 aliphatic carbocycles. The van der Waals surface area contributed by atoms with Gasteiger partial charge in [0.2, 0.25) is 0 Å². The summed E-state index contributed by atoms with van der Waals surface area (Å²) in [5.41, 5.74) is 0.436. The largest absolute Gasteiger partial charge is 0.465 e. The van der Waals surface area contributed by atoms with E-state index < -0.39 is 6.09 Å². The van der Waals surface area contributed by atoms with E-state index in [1.807, 2.05) is 0 Å². The average molecular weight is 314 g/mol. The summed E-state index contributed by atoms with van der Waals surface area (Å²) >= 11 is 3.24. The lowest BCUT2D eigenvalue weighted by Gasteiger charge is -2.15. The molecule has 1 aliphatic heterocycles. The van der Waals surface area contributed by atoms with Crippen LogP contribution in [0.5, 0.6) is 0 Å². The summed E-state index contributed by atoms with van der Waals surface area (Å²) in [6.07, 6.45) is -0.227. The number of nitrogens with zero attached hydrogens (tertiary/aromatic N) is 4. The minimum atomic E-state index is -0.921. The summed E-state index contributed by atoms with van der Waals surface area (Å²) in [5, 5.41) is 25.2. The number of carbonyl (C=O) groups is 1. The molecule has 0 spiro atoms. The molecule has 1 aromatic heterocycles. The van der Waals surface area contributed by atoms with Crippen LogP contribution >= 0.6 is 15.9 Å². The van der Waals surface area contributed by atoms with Gasteiger partial charge in [0.1, 0.15) is 22.1 Å². The molecule has 0 saturated carbocycles. The van der Waals surface area contributed by atoms with Crippen LogP contribution in [0.25, 0.3) is 0 Å². The molecule has 2 N–H and O–H groups in total. The van der Waals surface area contributed by atoms with Crippen molar-refractivity contribution in [1.29, 1.82) is 5.26 Å². The van der Waals surface area contributed by atoms with Gasteiger partial charge < -0.3 is 15.3 Å². The van der Waals surface area contributed by atoms with E-state index in [0.717, 1.165) is 0 Å². The third kappa shape index (κ3) is 2.01. The third-order valence-electron chi connectivity index (χ3n) is 3.00. The van der Waals surface area contributed by atoms with Crippen molar-refractivity contribution < 1.29 is 9.90 Å². The summed E-state index contributed by atoms with van der Waals surface area (Å²) in [6.45, 7) is 0.880. The van der Waals surface area contributed by atoms with Crippen molar-refractivity contribution in [3.05, 3.63) is 10.2 Å². The average Bonchev–Trinajstić information content (AvgIpc) is 2.92. The van der Waals surface area contributed by atoms with Crippen molar-refractivity contribution in [3.8, 4) is 6.07 Å². The Balaban J connectivity index is 2.30. The quantitative estimate of drug-likeness (QED) is 0.862. The summed E-state index contributed by atoms with van der Waals surface area (Å²) in [4.78, 5) is 12.2. The molecule has 1 amide bonds. The zero-order valence-corrected chi connectivity index (χ0v) is 11.3. The second-order valence-corrected chi connectivity index (χ2v) is 4.74. The van der Waals surface area contributed by atoms with Gasteiger partial charge in [-0.25, -0.2) is 9.48 Å². The van der Waals surface area contributed by atoms with E-state index in [4.69, 9.17) is 10.4 Å². The number of rotatable bonds is 2. The minimum absolute atomic E-state index is 0.0399. The number of amides is 1. The molecule has 2 rings (SSSR count). The number of hydrogen-bond acceptors (Lipinski definition) is 4. The van der Waals surface area contributed by atoms with Gasteiger partial charge in [-0.1, -0.05) is 0 Å².